The molecule has 2 aromatic heterocycles. The first-order valence-corrected chi connectivity index (χ1v) is 4.64. The van der Waals surface area contributed by atoms with E-state index in [1.807, 2.05) is 31.4 Å². The summed E-state index contributed by atoms with van der Waals surface area (Å²) in [4.78, 5) is 4.33. The number of aryl methyl sites for hydroxylation is 1. The molecule has 0 bridgehead atoms. The van der Waals surface area contributed by atoms with Gasteiger partial charge in [0.25, 0.3) is 0 Å². The highest BCUT2D eigenvalue weighted by Gasteiger charge is 2.09. The Labute approximate surface area is 86.3 Å². The molecule has 2 heterocycles. The molecule has 0 fully saturated rings. The molecule has 73 valence electrons. The van der Waals surface area contributed by atoms with Gasteiger partial charge in [-0.3, -0.25) is 4.68 Å². The Morgan fingerprint density at radius 2 is 2.27 bits per heavy atom. The Morgan fingerprint density at radius 1 is 1.40 bits per heavy atom. The summed E-state index contributed by atoms with van der Waals surface area (Å²) in [6.07, 6.45) is 1.81. The third-order valence-electron chi connectivity index (χ3n) is 2.55. The lowest BCUT2D eigenvalue weighted by Gasteiger charge is -2.02. The van der Waals surface area contributed by atoms with Crippen LogP contribution in [-0.4, -0.2) is 14.8 Å². The van der Waals surface area contributed by atoms with Crippen molar-refractivity contribution in [2.45, 2.75) is 0 Å². The van der Waals surface area contributed by atoms with Crippen molar-refractivity contribution in [2.75, 3.05) is 5.73 Å². The molecule has 0 spiro atoms. The van der Waals surface area contributed by atoms with E-state index in [0.717, 1.165) is 21.8 Å². The van der Waals surface area contributed by atoms with Crippen molar-refractivity contribution >= 4 is 27.6 Å². The van der Waals surface area contributed by atoms with E-state index in [9.17, 15) is 0 Å². The topological polar surface area (TPSA) is 56.7 Å². The number of benzene rings is 1. The fraction of sp³-hybridized carbons (Fsp3) is 0.0909. The van der Waals surface area contributed by atoms with Crippen LogP contribution in [0.15, 0.2) is 24.4 Å². The van der Waals surface area contributed by atoms with Crippen molar-refractivity contribution in [1.82, 2.24) is 14.8 Å². The predicted molar refractivity (Wildman–Crippen MR) is 59.3 cm³/mol. The maximum atomic E-state index is 5.89. The molecule has 0 aliphatic rings. The minimum absolute atomic E-state index is 0.517. The van der Waals surface area contributed by atoms with Crippen LogP contribution in [0.3, 0.4) is 0 Å². The van der Waals surface area contributed by atoms with Crippen LogP contribution in [0.4, 0.5) is 5.82 Å². The van der Waals surface area contributed by atoms with Crippen molar-refractivity contribution in [3.05, 3.63) is 30.5 Å². The minimum atomic E-state index is 0.517. The summed E-state index contributed by atoms with van der Waals surface area (Å²) in [6, 6.07) is 8.68. The van der Waals surface area contributed by atoms with Gasteiger partial charge in [-0.15, -0.1) is 0 Å². The van der Waals surface area contributed by atoms with Crippen LogP contribution in [0.2, 0.25) is 0 Å². The Morgan fingerprint density at radius 3 is 3.13 bits per heavy atom. The maximum Gasteiger partial charge on any atom is 0.150 e. The van der Waals surface area contributed by atoms with Gasteiger partial charge in [0.05, 0.1) is 11.7 Å². The highest BCUT2D eigenvalue weighted by Crippen LogP contribution is 2.26. The molecule has 0 unspecified atom stereocenters. The number of hydrogen-bond acceptors (Lipinski definition) is 3. The fourth-order valence-corrected chi connectivity index (χ4v) is 1.86. The molecule has 2 N–H and O–H groups in total. The number of nitrogens with zero attached hydrogens (tertiary/aromatic N) is 3. The van der Waals surface area contributed by atoms with Gasteiger partial charge in [-0.25, -0.2) is 4.98 Å². The van der Waals surface area contributed by atoms with Crippen molar-refractivity contribution in [2.24, 2.45) is 7.05 Å². The quantitative estimate of drug-likeness (QED) is 0.594. The van der Waals surface area contributed by atoms with E-state index in [2.05, 4.69) is 16.1 Å². The lowest BCUT2D eigenvalue weighted by Crippen LogP contribution is -1.97. The Kier molecular flexibility index (Phi) is 1.48. The average Bonchev–Trinajstić information content (AvgIpc) is 2.62. The molecule has 0 saturated carbocycles. The summed E-state index contributed by atoms with van der Waals surface area (Å²) in [5.74, 6) is 0.517. The lowest BCUT2D eigenvalue weighted by molar-refractivity contribution is 0.797. The number of nitrogen functional groups attached to an aromatic ring is 1. The Bertz CT molecular complexity index is 654. The second-order valence-corrected chi connectivity index (χ2v) is 3.47. The number of hydrogen-bond donors (Lipinski definition) is 1. The standard InChI is InChI=1S/C11H9N4/c1-15-10-8(6-13-15)7-4-2-3-5-9(7)14-11(10)12/h3-6H,1H3,(H2,12,14). The van der Waals surface area contributed by atoms with Crippen LogP contribution >= 0.6 is 0 Å². The van der Waals surface area contributed by atoms with Gasteiger partial charge in [-0.2, -0.15) is 5.10 Å². The SMILES string of the molecule is Cn1ncc2c3c[c]ccc3nc(N)c21. The number of aromatic nitrogens is 3. The molecule has 15 heavy (non-hydrogen) atoms. The van der Waals surface area contributed by atoms with Crippen LogP contribution in [0.1, 0.15) is 0 Å². The molecule has 1 aromatic carbocycles. The van der Waals surface area contributed by atoms with Gasteiger partial charge >= 0.3 is 0 Å². The molecular weight excluding hydrogens is 188 g/mol. The summed E-state index contributed by atoms with van der Waals surface area (Å²) in [7, 11) is 1.86. The van der Waals surface area contributed by atoms with Gasteiger partial charge in [-0.1, -0.05) is 6.07 Å². The smallest absolute Gasteiger partial charge is 0.150 e. The van der Waals surface area contributed by atoms with E-state index >= 15 is 0 Å². The van der Waals surface area contributed by atoms with Gasteiger partial charge in [0.2, 0.25) is 0 Å². The largest absolute Gasteiger partial charge is 0.382 e. The molecule has 0 aliphatic carbocycles. The van der Waals surface area contributed by atoms with E-state index in [-0.39, 0.29) is 0 Å². The zero-order valence-corrected chi connectivity index (χ0v) is 8.23. The summed E-state index contributed by atoms with van der Waals surface area (Å²) in [6.45, 7) is 0. The average molecular weight is 197 g/mol. The van der Waals surface area contributed by atoms with Crippen LogP contribution in [0.25, 0.3) is 21.8 Å². The zero-order valence-electron chi connectivity index (χ0n) is 8.23. The molecule has 1 radical (unpaired) electrons. The molecule has 0 saturated heterocycles. The molecule has 4 nitrogen and oxygen atoms in total. The van der Waals surface area contributed by atoms with Gasteiger partial charge in [-0.05, 0) is 18.2 Å². The molecule has 3 rings (SSSR count). The first-order chi connectivity index (χ1) is 7.27. The predicted octanol–water partition coefficient (Wildman–Crippen LogP) is 1.50. The molecule has 4 heteroatoms. The van der Waals surface area contributed by atoms with Crippen molar-refractivity contribution in [1.29, 1.82) is 0 Å². The van der Waals surface area contributed by atoms with Crippen molar-refractivity contribution in [3.8, 4) is 0 Å². The normalized spacial score (nSPS) is 11.3. The Balaban J connectivity index is 2.65. The van der Waals surface area contributed by atoms with Gasteiger partial charge in [0, 0.05) is 17.8 Å². The van der Waals surface area contributed by atoms with E-state index in [1.165, 1.54) is 0 Å². The second-order valence-electron chi connectivity index (χ2n) is 3.47. The number of anilines is 1. The molecular formula is C11H9N4. The first-order valence-electron chi connectivity index (χ1n) is 4.64. The van der Waals surface area contributed by atoms with Crippen LogP contribution in [0.5, 0.6) is 0 Å². The summed E-state index contributed by atoms with van der Waals surface area (Å²) in [5, 5.41) is 6.25. The fourth-order valence-electron chi connectivity index (χ4n) is 1.86. The molecule has 3 aromatic rings. The summed E-state index contributed by atoms with van der Waals surface area (Å²) >= 11 is 0. The highest BCUT2D eigenvalue weighted by atomic mass is 15.3. The monoisotopic (exact) mass is 197 g/mol. The van der Waals surface area contributed by atoms with Crippen LogP contribution < -0.4 is 5.73 Å². The number of nitrogens with two attached hydrogens (primary N) is 1. The second kappa shape index (κ2) is 2.70. The van der Waals surface area contributed by atoms with Crippen LogP contribution in [0, 0.1) is 6.07 Å². The number of fused-ring (bicyclic) bond motifs is 3. The van der Waals surface area contributed by atoms with Gasteiger partial charge < -0.3 is 5.73 Å². The van der Waals surface area contributed by atoms with Crippen LogP contribution in [-0.2, 0) is 7.05 Å². The van der Waals surface area contributed by atoms with Gasteiger partial charge in [0.1, 0.15) is 11.3 Å². The summed E-state index contributed by atoms with van der Waals surface area (Å²) < 4.78 is 1.74. The number of pyridine rings is 1. The van der Waals surface area contributed by atoms with E-state index in [4.69, 9.17) is 5.73 Å². The molecule has 0 aliphatic heterocycles. The number of rotatable bonds is 0. The minimum Gasteiger partial charge on any atom is -0.382 e. The zero-order chi connectivity index (χ0) is 10.4. The maximum absolute atomic E-state index is 5.89. The van der Waals surface area contributed by atoms with Crippen molar-refractivity contribution in [3.63, 3.8) is 0 Å². The highest BCUT2D eigenvalue weighted by molar-refractivity contribution is 6.07. The van der Waals surface area contributed by atoms with Gasteiger partial charge in [0.15, 0.2) is 0 Å². The van der Waals surface area contributed by atoms with E-state index < -0.39 is 0 Å². The van der Waals surface area contributed by atoms with E-state index in [0.29, 0.717) is 5.82 Å². The van der Waals surface area contributed by atoms with Crippen molar-refractivity contribution < 1.29 is 0 Å². The summed E-state index contributed by atoms with van der Waals surface area (Å²) in [5.41, 5.74) is 7.64. The molecule has 0 atom stereocenters. The Hall–Kier alpha value is -2.10. The third kappa shape index (κ3) is 1.01. The van der Waals surface area contributed by atoms with E-state index in [1.54, 1.807) is 4.68 Å². The molecule has 0 amide bonds. The third-order valence-corrected chi connectivity index (χ3v) is 2.55. The first kappa shape index (κ1) is 8.23. The lowest BCUT2D eigenvalue weighted by atomic mass is 10.1.